The molecule has 1 saturated carbocycles. The number of hydrogen-bond acceptors (Lipinski definition) is 5. The molecule has 1 atom stereocenters. The topological polar surface area (TPSA) is 50.8 Å². The van der Waals surface area contributed by atoms with Gasteiger partial charge in [0.2, 0.25) is 0 Å². The minimum absolute atomic E-state index is 0.108. The molecule has 5 nitrogen and oxygen atoms in total. The van der Waals surface area contributed by atoms with E-state index in [0.29, 0.717) is 18.8 Å². The van der Waals surface area contributed by atoms with E-state index in [1.807, 2.05) is 13.8 Å². The average Bonchev–Trinajstić information content (AvgIpc) is 3.30. The molecule has 1 heterocycles. The van der Waals surface area contributed by atoms with Gasteiger partial charge in [0.25, 0.3) is 0 Å². The highest BCUT2D eigenvalue weighted by molar-refractivity contribution is 5.80. The van der Waals surface area contributed by atoms with Crippen molar-refractivity contribution < 1.29 is 14.3 Å². The third kappa shape index (κ3) is 4.94. The Morgan fingerprint density at radius 2 is 1.95 bits per heavy atom. The fraction of sp³-hybridized carbons (Fsp3) is 0.938. The maximum Gasteiger partial charge on any atom is 0.326 e. The van der Waals surface area contributed by atoms with Crippen LogP contribution in [0.1, 0.15) is 46.0 Å². The van der Waals surface area contributed by atoms with E-state index < -0.39 is 5.54 Å². The predicted molar refractivity (Wildman–Crippen MR) is 82.3 cm³/mol. The molecule has 0 amide bonds. The summed E-state index contributed by atoms with van der Waals surface area (Å²) >= 11 is 0. The minimum atomic E-state index is -0.546. The number of methoxy groups -OCH3 is 1. The Bertz CT molecular complexity index is 338. The second kappa shape index (κ2) is 7.56. The molecule has 1 aliphatic carbocycles. The number of carbonyl (C=O) groups is 1. The number of ether oxygens (including phenoxy) is 2. The molecule has 1 unspecified atom stereocenters. The first-order valence-corrected chi connectivity index (χ1v) is 8.27. The van der Waals surface area contributed by atoms with Gasteiger partial charge in [-0.2, -0.15) is 0 Å². The van der Waals surface area contributed by atoms with Crippen LogP contribution in [0.4, 0.5) is 0 Å². The Morgan fingerprint density at radius 1 is 1.29 bits per heavy atom. The third-order valence-corrected chi connectivity index (χ3v) is 4.62. The van der Waals surface area contributed by atoms with Crippen LogP contribution in [-0.4, -0.2) is 61.9 Å². The lowest BCUT2D eigenvalue weighted by atomic mass is 9.96. The SMILES string of the molecule is CCOC(=O)C(C)(CCN1CCC(OC)CC1)NC1CC1. The summed E-state index contributed by atoms with van der Waals surface area (Å²) in [5.41, 5.74) is -0.546. The van der Waals surface area contributed by atoms with E-state index in [1.165, 1.54) is 12.8 Å². The number of piperidine rings is 1. The van der Waals surface area contributed by atoms with Crippen LogP contribution < -0.4 is 5.32 Å². The molecule has 1 N–H and O–H groups in total. The van der Waals surface area contributed by atoms with Gasteiger partial charge in [-0.25, -0.2) is 0 Å². The molecule has 0 aromatic rings. The number of nitrogens with zero attached hydrogens (tertiary/aromatic N) is 1. The Morgan fingerprint density at radius 3 is 2.48 bits per heavy atom. The fourth-order valence-corrected chi connectivity index (χ4v) is 2.95. The highest BCUT2D eigenvalue weighted by Gasteiger charge is 2.39. The van der Waals surface area contributed by atoms with Gasteiger partial charge in [-0.15, -0.1) is 0 Å². The predicted octanol–water partition coefficient (Wildman–Crippen LogP) is 1.56. The zero-order valence-electron chi connectivity index (χ0n) is 13.7. The van der Waals surface area contributed by atoms with Crippen molar-refractivity contribution in [2.75, 3.05) is 33.4 Å². The molecule has 2 rings (SSSR count). The molecule has 5 heteroatoms. The van der Waals surface area contributed by atoms with Crippen LogP contribution in [0.5, 0.6) is 0 Å². The summed E-state index contributed by atoms with van der Waals surface area (Å²) in [6, 6.07) is 0.499. The standard InChI is InChI=1S/C16H30N2O3/c1-4-21-15(19)16(2,17-13-5-6-13)9-12-18-10-7-14(20-3)8-11-18/h13-14,17H,4-12H2,1-3H3. The van der Waals surface area contributed by atoms with Crippen molar-refractivity contribution in [2.45, 2.75) is 63.6 Å². The fourth-order valence-electron chi connectivity index (χ4n) is 2.95. The zero-order chi connectivity index (χ0) is 15.3. The Labute approximate surface area is 128 Å². The lowest BCUT2D eigenvalue weighted by molar-refractivity contribution is -0.151. The minimum Gasteiger partial charge on any atom is -0.465 e. The van der Waals surface area contributed by atoms with Gasteiger partial charge >= 0.3 is 5.97 Å². The van der Waals surface area contributed by atoms with E-state index in [1.54, 1.807) is 7.11 Å². The molecular formula is C16H30N2O3. The Hall–Kier alpha value is -0.650. The van der Waals surface area contributed by atoms with E-state index in [4.69, 9.17) is 9.47 Å². The average molecular weight is 298 g/mol. The molecule has 122 valence electrons. The van der Waals surface area contributed by atoms with Gasteiger partial charge in [0.15, 0.2) is 0 Å². The number of nitrogens with one attached hydrogen (secondary N) is 1. The van der Waals surface area contributed by atoms with Crippen molar-refractivity contribution in [1.29, 1.82) is 0 Å². The number of carbonyl (C=O) groups excluding carboxylic acids is 1. The quantitative estimate of drug-likeness (QED) is 0.689. The first kappa shape index (κ1) is 16.7. The Kier molecular flexibility index (Phi) is 6.02. The van der Waals surface area contributed by atoms with E-state index >= 15 is 0 Å². The largest absolute Gasteiger partial charge is 0.465 e. The molecule has 1 aliphatic heterocycles. The van der Waals surface area contributed by atoms with Gasteiger partial charge in [-0.1, -0.05) is 0 Å². The summed E-state index contributed by atoms with van der Waals surface area (Å²) in [6.07, 6.45) is 5.73. The monoisotopic (exact) mass is 298 g/mol. The number of hydrogen-bond donors (Lipinski definition) is 1. The van der Waals surface area contributed by atoms with Crippen LogP contribution in [0, 0.1) is 0 Å². The smallest absolute Gasteiger partial charge is 0.326 e. The van der Waals surface area contributed by atoms with E-state index in [9.17, 15) is 4.79 Å². The Balaban J connectivity index is 1.82. The first-order chi connectivity index (χ1) is 10.1. The van der Waals surface area contributed by atoms with Gasteiger partial charge in [0.05, 0.1) is 12.7 Å². The summed E-state index contributed by atoms with van der Waals surface area (Å²) < 4.78 is 10.7. The van der Waals surface area contributed by atoms with Crippen LogP contribution in [-0.2, 0) is 14.3 Å². The van der Waals surface area contributed by atoms with E-state index in [0.717, 1.165) is 38.9 Å². The molecule has 2 aliphatic rings. The van der Waals surface area contributed by atoms with Crippen molar-refractivity contribution in [3.63, 3.8) is 0 Å². The van der Waals surface area contributed by atoms with Crippen molar-refractivity contribution in [3.8, 4) is 0 Å². The van der Waals surface area contributed by atoms with Crippen LogP contribution >= 0.6 is 0 Å². The second-order valence-electron chi connectivity index (χ2n) is 6.50. The molecule has 1 saturated heterocycles. The summed E-state index contributed by atoms with van der Waals surface area (Å²) in [5, 5.41) is 3.49. The van der Waals surface area contributed by atoms with Crippen molar-refractivity contribution in [3.05, 3.63) is 0 Å². The van der Waals surface area contributed by atoms with Gasteiger partial charge in [0.1, 0.15) is 5.54 Å². The highest BCUT2D eigenvalue weighted by Crippen LogP contribution is 2.25. The third-order valence-electron chi connectivity index (χ3n) is 4.62. The lowest BCUT2D eigenvalue weighted by Gasteiger charge is -2.35. The summed E-state index contributed by atoms with van der Waals surface area (Å²) in [5.74, 6) is -0.108. The lowest BCUT2D eigenvalue weighted by Crippen LogP contribution is -2.53. The molecule has 0 bridgehead atoms. The molecule has 0 aromatic carbocycles. The van der Waals surface area contributed by atoms with Gasteiger partial charge in [-0.05, 0) is 46.0 Å². The number of rotatable bonds is 8. The van der Waals surface area contributed by atoms with E-state index in [2.05, 4.69) is 10.2 Å². The summed E-state index contributed by atoms with van der Waals surface area (Å²) in [7, 11) is 1.79. The first-order valence-electron chi connectivity index (χ1n) is 8.27. The van der Waals surface area contributed by atoms with Crippen molar-refractivity contribution in [1.82, 2.24) is 10.2 Å². The molecular weight excluding hydrogens is 268 g/mol. The maximum absolute atomic E-state index is 12.3. The molecule has 0 radical (unpaired) electrons. The van der Waals surface area contributed by atoms with Crippen molar-refractivity contribution in [2.24, 2.45) is 0 Å². The summed E-state index contributed by atoms with van der Waals surface area (Å²) in [6.45, 7) is 7.35. The van der Waals surface area contributed by atoms with Crippen molar-refractivity contribution >= 4 is 5.97 Å². The van der Waals surface area contributed by atoms with Crippen LogP contribution in [0.15, 0.2) is 0 Å². The van der Waals surface area contributed by atoms with Crippen LogP contribution in [0.25, 0.3) is 0 Å². The van der Waals surface area contributed by atoms with Crippen LogP contribution in [0.2, 0.25) is 0 Å². The second-order valence-corrected chi connectivity index (χ2v) is 6.50. The van der Waals surface area contributed by atoms with Gasteiger partial charge in [-0.3, -0.25) is 10.1 Å². The number of esters is 1. The van der Waals surface area contributed by atoms with Gasteiger partial charge in [0, 0.05) is 32.8 Å². The molecule has 0 spiro atoms. The highest BCUT2D eigenvalue weighted by atomic mass is 16.5. The zero-order valence-corrected chi connectivity index (χ0v) is 13.7. The summed E-state index contributed by atoms with van der Waals surface area (Å²) in [4.78, 5) is 14.7. The molecule has 21 heavy (non-hydrogen) atoms. The van der Waals surface area contributed by atoms with E-state index in [-0.39, 0.29) is 5.97 Å². The number of likely N-dealkylation sites (tertiary alicyclic amines) is 1. The molecule has 0 aromatic heterocycles. The molecule has 2 fully saturated rings. The normalized spacial score (nSPS) is 23.8. The van der Waals surface area contributed by atoms with Gasteiger partial charge < -0.3 is 14.4 Å². The van der Waals surface area contributed by atoms with Crippen LogP contribution in [0.3, 0.4) is 0 Å². The maximum atomic E-state index is 12.3.